The highest BCUT2D eigenvalue weighted by molar-refractivity contribution is 6.31. The Balaban J connectivity index is 2.15. The van der Waals surface area contributed by atoms with Crippen molar-refractivity contribution < 1.29 is 13.6 Å². The second-order valence-electron chi connectivity index (χ2n) is 6.54. The number of hydrogen-bond acceptors (Lipinski definition) is 2. The summed E-state index contributed by atoms with van der Waals surface area (Å²) in [6.07, 6.45) is 0. The van der Waals surface area contributed by atoms with Gasteiger partial charge in [0.25, 0.3) is 5.91 Å². The minimum Gasteiger partial charge on any atom is -0.364 e. The molecule has 0 bridgehead atoms. The normalized spacial score (nSPS) is 11.0. The maximum Gasteiger partial charge on any atom is 0.269 e. The molecule has 0 saturated heterocycles. The summed E-state index contributed by atoms with van der Waals surface area (Å²) in [7, 11) is 0. The van der Waals surface area contributed by atoms with E-state index in [1.54, 1.807) is 30.3 Å². The fourth-order valence-corrected chi connectivity index (χ4v) is 3.76. The highest BCUT2D eigenvalue weighted by atomic mass is 35.5. The maximum absolute atomic E-state index is 15.1. The van der Waals surface area contributed by atoms with Gasteiger partial charge in [0.15, 0.2) is 11.5 Å². The Labute approximate surface area is 190 Å². The van der Waals surface area contributed by atoms with E-state index >= 15 is 4.39 Å². The number of benzene rings is 3. The van der Waals surface area contributed by atoms with Gasteiger partial charge in [0, 0.05) is 16.1 Å². The van der Waals surface area contributed by atoms with E-state index in [4.69, 9.17) is 40.5 Å². The molecule has 4 rings (SSSR count). The van der Waals surface area contributed by atoms with Crippen molar-refractivity contribution in [2.45, 2.75) is 0 Å². The van der Waals surface area contributed by atoms with Crippen molar-refractivity contribution in [3.63, 3.8) is 0 Å². The Kier molecular flexibility index (Phi) is 5.71. The van der Waals surface area contributed by atoms with Crippen LogP contribution in [0.4, 0.5) is 8.78 Å². The number of primary amides is 1. The van der Waals surface area contributed by atoms with Crippen molar-refractivity contribution in [1.29, 1.82) is 0 Å². The molecule has 1 heterocycles. The Morgan fingerprint density at radius 2 is 1.65 bits per heavy atom. The lowest BCUT2D eigenvalue weighted by atomic mass is 10.1. The molecule has 0 saturated carbocycles. The van der Waals surface area contributed by atoms with Crippen LogP contribution in [0, 0.1) is 11.6 Å². The summed E-state index contributed by atoms with van der Waals surface area (Å²) in [4.78, 5) is 16.7. The topological polar surface area (TPSA) is 60.9 Å². The number of carbonyl (C=O) groups is 1. The molecule has 0 aliphatic heterocycles. The first-order chi connectivity index (χ1) is 14.8. The number of imidazole rings is 1. The lowest BCUT2D eigenvalue weighted by Gasteiger charge is -2.15. The van der Waals surface area contributed by atoms with Crippen LogP contribution < -0.4 is 5.73 Å². The molecule has 0 aliphatic carbocycles. The lowest BCUT2D eigenvalue weighted by molar-refractivity contribution is 0.0996. The molecule has 1 amide bonds. The van der Waals surface area contributed by atoms with Crippen molar-refractivity contribution >= 4 is 40.7 Å². The van der Waals surface area contributed by atoms with Crippen LogP contribution in [0.25, 0.3) is 28.3 Å². The van der Waals surface area contributed by atoms with Crippen LogP contribution in [0.15, 0.2) is 60.7 Å². The van der Waals surface area contributed by atoms with Gasteiger partial charge in [-0.2, -0.15) is 0 Å². The molecule has 156 valence electrons. The van der Waals surface area contributed by atoms with E-state index in [9.17, 15) is 9.18 Å². The van der Waals surface area contributed by atoms with E-state index in [1.807, 2.05) is 0 Å². The Morgan fingerprint density at radius 1 is 0.903 bits per heavy atom. The lowest BCUT2D eigenvalue weighted by Crippen LogP contribution is -2.13. The molecule has 0 radical (unpaired) electrons. The number of halogens is 5. The monoisotopic (exact) mass is 477 g/mol. The van der Waals surface area contributed by atoms with Crippen LogP contribution in [0.2, 0.25) is 15.1 Å². The van der Waals surface area contributed by atoms with Gasteiger partial charge in [0.05, 0.1) is 21.4 Å². The van der Waals surface area contributed by atoms with E-state index in [0.717, 1.165) is 6.07 Å². The van der Waals surface area contributed by atoms with Crippen LogP contribution in [-0.2, 0) is 0 Å². The number of carbonyl (C=O) groups excluding carboxylic acids is 1. The second-order valence-corrected chi connectivity index (χ2v) is 7.80. The zero-order valence-corrected chi connectivity index (χ0v) is 17.8. The first-order valence-corrected chi connectivity index (χ1v) is 9.99. The summed E-state index contributed by atoms with van der Waals surface area (Å²) in [6, 6.07) is 14.9. The van der Waals surface area contributed by atoms with Gasteiger partial charge in [0.1, 0.15) is 11.6 Å². The molecule has 31 heavy (non-hydrogen) atoms. The third-order valence-electron chi connectivity index (χ3n) is 4.56. The number of hydrogen-bond donors (Lipinski definition) is 1. The van der Waals surface area contributed by atoms with Gasteiger partial charge in [-0.05, 0) is 42.5 Å². The van der Waals surface area contributed by atoms with Crippen molar-refractivity contribution in [3.8, 4) is 28.3 Å². The minimum absolute atomic E-state index is 0.0120. The van der Waals surface area contributed by atoms with Gasteiger partial charge >= 0.3 is 0 Å². The predicted octanol–water partition coefficient (Wildman–Crippen LogP) is 6.54. The van der Waals surface area contributed by atoms with Crippen LogP contribution >= 0.6 is 34.8 Å². The summed E-state index contributed by atoms with van der Waals surface area (Å²) in [5.74, 6) is -2.07. The summed E-state index contributed by atoms with van der Waals surface area (Å²) in [6.45, 7) is 0. The van der Waals surface area contributed by atoms with E-state index < -0.39 is 17.5 Å². The standard InChI is InChI=1S/C22H12Cl3F2N3O/c23-13-4-1-3-12(9-13)22-29-19(21(28)31)20(11-7-8-16(26)15(25)10-11)30(22)17-6-2-5-14(24)18(17)27/h1-10H,(H2,28,31). The highest BCUT2D eigenvalue weighted by Gasteiger charge is 2.26. The molecule has 0 fully saturated rings. The molecule has 1 aromatic heterocycles. The molecule has 9 heteroatoms. The quantitative estimate of drug-likeness (QED) is 0.362. The molecule has 4 aromatic rings. The maximum atomic E-state index is 15.1. The number of amides is 1. The summed E-state index contributed by atoms with van der Waals surface area (Å²) in [5.41, 5.74) is 6.38. The summed E-state index contributed by atoms with van der Waals surface area (Å²) < 4.78 is 30.3. The first kappa shape index (κ1) is 21.3. The van der Waals surface area contributed by atoms with Crippen LogP contribution in [-0.4, -0.2) is 15.5 Å². The smallest absolute Gasteiger partial charge is 0.269 e. The van der Waals surface area contributed by atoms with Crippen molar-refractivity contribution in [3.05, 3.63) is 93.1 Å². The molecule has 3 aromatic carbocycles. The largest absolute Gasteiger partial charge is 0.364 e. The Hall–Kier alpha value is -2.93. The van der Waals surface area contributed by atoms with E-state index in [1.165, 1.54) is 28.8 Å². The number of nitrogens with two attached hydrogens (primary N) is 1. The zero-order valence-electron chi connectivity index (χ0n) is 15.5. The van der Waals surface area contributed by atoms with Crippen LogP contribution in [0.3, 0.4) is 0 Å². The van der Waals surface area contributed by atoms with Crippen molar-refractivity contribution in [2.24, 2.45) is 5.73 Å². The SMILES string of the molecule is NC(=O)c1nc(-c2cccc(Cl)c2)n(-c2cccc(Cl)c2F)c1-c1ccc(F)c(Cl)c1. The molecule has 4 nitrogen and oxygen atoms in total. The van der Waals surface area contributed by atoms with E-state index in [-0.39, 0.29) is 32.9 Å². The van der Waals surface area contributed by atoms with Crippen LogP contribution in [0.5, 0.6) is 0 Å². The second kappa shape index (κ2) is 8.30. The van der Waals surface area contributed by atoms with Crippen molar-refractivity contribution in [2.75, 3.05) is 0 Å². The third kappa shape index (κ3) is 3.90. The van der Waals surface area contributed by atoms with Gasteiger partial charge in [0.2, 0.25) is 0 Å². The Morgan fingerprint density at radius 3 is 2.32 bits per heavy atom. The number of aromatic nitrogens is 2. The molecule has 0 unspecified atom stereocenters. The van der Waals surface area contributed by atoms with Gasteiger partial charge in [-0.15, -0.1) is 0 Å². The fraction of sp³-hybridized carbons (Fsp3) is 0. The van der Waals surface area contributed by atoms with Gasteiger partial charge in [-0.3, -0.25) is 9.36 Å². The Bertz CT molecular complexity index is 1340. The average Bonchev–Trinajstić information content (AvgIpc) is 3.13. The molecular weight excluding hydrogens is 467 g/mol. The average molecular weight is 479 g/mol. The predicted molar refractivity (Wildman–Crippen MR) is 118 cm³/mol. The van der Waals surface area contributed by atoms with Gasteiger partial charge in [-0.25, -0.2) is 13.8 Å². The summed E-state index contributed by atoms with van der Waals surface area (Å²) >= 11 is 18.1. The molecule has 2 N–H and O–H groups in total. The fourth-order valence-electron chi connectivity index (χ4n) is 3.22. The van der Waals surface area contributed by atoms with Gasteiger partial charge < -0.3 is 5.73 Å². The molecule has 0 spiro atoms. The minimum atomic E-state index is -0.861. The summed E-state index contributed by atoms with van der Waals surface area (Å²) in [5, 5.41) is 0.0918. The zero-order chi connectivity index (χ0) is 22.3. The molecular formula is C22H12Cl3F2N3O. The van der Waals surface area contributed by atoms with E-state index in [2.05, 4.69) is 4.98 Å². The van der Waals surface area contributed by atoms with Crippen molar-refractivity contribution in [1.82, 2.24) is 9.55 Å². The number of rotatable bonds is 4. The number of nitrogens with zero attached hydrogens (tertiary/aromatic N) is 2. The first-order valence-electron chi connectivity index (χ1n) is 8.86. The highest BCUT2D eigenvalue weighted by Crippen LogP contribution is 2.37. The van der Waals surface area contributed by atoms with E-state index in [0.29, 0.717) is 16.1 Å². The molecule has 0 atom stereocenters. The third-order valence-corrected chi connectivity index (χ3v) is 5.38. The molecule has 0 aliphatic rings. The van der Waals surface area contributed by atoms with Gasteiger partial charge in [-0.1, -0.05) is 53.0 Å². The van der Waals surface area contributed by atoms with Crippen LogP contribution in [0.1, 0.15) is 10.5 Å².